The fourth-order valence-electron chi connectivity index (χ4n) is 3.84. The highest BCUT2D eigenvalue weighted by Crippen LogP contribution is 2.35. The number of aliphatic hydroxyl groups is 1. The lowest BCUT2D eigenvalue weighted by Gasteiger charge is -2.28. The molecule has 1 aliphatic rings. The van der Waals surface area contributed by atoms with Crippen LogP contribution in [0.15, 0.2) is 86.5 Å². The standard InChI is InChI=1S/C27H23NO5/c1-27(2)14-22(29)19-13-21(26(32)33-23(19)15-27)28-16-20(24(30)17-9-5-3-6-10-17)25(31)18-11-7-4-8-12-18/h3-13,16,30H,14-15H2,1-2H3/b24-20-,28-16?. The number of nitrogens with zero attached hydrogens (tertiary/aromatic N) is 1. The van der Waals surface area contributed by atoms with Crippen molar-refractivity contribution in [2.24, 2.45) is 10.4 Å². The maximum Gasteiger partial charge on any atom is 0.362 e. The van der Waals surface area contributed by atoms with Crippen LogP contribution >= 0.6 is 0 Å². The summed E-state index contributed by atoms with van der Waals surface area (Å²) in [5.74, 6) is -0.498. The highest BCUT2D eigenvalue weighted by Gasteiger charge is 2.33. The first-order chi connectivity index (χ1) is 15.7. The molecule has 1 heterocycles. The second kappa shape index (κ2) is 8.82. The molecule has 0 unspecified atom stereocenters. The summed E-state index contributed by atoms with van der Waals surface area (Å²) >= 11 is 0. The van der Waals surface area contributed by atoms with Crippen molar-refractivity contribution in [3.8, 4) is 0 Å². The SMILES string of the molecule is CC1(C)CC(=O)c2cc(N=C/C(C(=O)c3ccccc3)=C(/O)c3ccccc3)c(=O)oc2C1. The minimum atomic E-state index is -0.707. The molecule has 0 spiro atoms. The normalized spacial score (nSPS) is 15.8. The van der Waals surface area contributed by atoms with E-state index < -0.39 is 11.4 Å². The average Bonchev–Trinajstić information content (AvgIpc) is 2.80. The van der Waals surface area contributed by atoms with Gasteiger partial charge in [0.25, 0.3) is 0 Å². The number of fused-ring (bicyclic) bond motifs is 1. The first-order valence-electron chi connectivity index (χ1n) is 10.6. The van der Waals surface area contributed by atoms with Crippen LogP contribution in [0.1, 0.15) is 52.3 Å². The molecule has 4 rings (SSSR count). The second-order valence-electron chi connectivity index (χ2n) is 8.78. The summed E-state index contributed by atoms with van der Waals surface area (Å²) in [5.41, 5.74) is -0.0773. The summed E-state index contributed by atoms with van der Waals surface area (Å²) in [7, 11) is 0. The monoisotopic (exact) mass is 441 g/mol. The van der Waals surface area contributed by atoms with Gasteiger partial charge in [-0.1, -0.05) is 74.5 Å². The molecule has 6 nitrogen and oxygen atoms in total. The zero-order chi connectivity index (χ0) is 23.6. The van der Waals surface area contributed by atoms with Crippen molar-refractivity contribution in [3.05, 3.63) is 105 Å². The molecule has 0 atom stereocenters. The van der Waals surface area contributed by atoms with Crippen LogP contribution in [0.3, 0.4) is 0 Å². The molecule has 0 saturated carbocycles. The molecule has 0 amide bonds. The summed E-state index contributed by atoms with van der Waals surface area (Å²) < 4.78 is 5.41. The Bertz CT molecular complexity index is 1330. The van der Waals surface area contributed by atoms with Crippen molar-refractivity contribution in [2.45, 2.75) is 26.7 Å². The molecular formula is C27H23NO5. The van der Waals surface area contributed by atoms with Crippen LogP contribution in [0.25, 0.3) is 5.76 Å². The van der Waals surface area contributed by atoms with Crippen LogP contribution < -0.4 is 5.63 Å². The molecule has 0 fully saturated rings. The molecular weight excluding hydrogens is 418 g/mol. The third-order valence-electron chi connectivity index (χ3n) is 5.50. The predicted molar refractivity (Wildman–Crippen MR) is 126 cm³/mol. The molecule has 1 aromatic heterocycles. The van der Waals surface area contributed by atoms with Gasteiger partial charge >= 0.3 is 5.63 Å². The van der Waals surface area contributed by atoms with Gasteiger partial charge in [0.15, 0.2) is 11.6 Å². The molecule has 1 aliphatic carbocycles. The highest BCUT2D eigenvalue weighted by atomic mass is 16.4. The van der Waals surface area contributed by atoms with Gasteiger partial charge in [0.05, 0.1) is 11.1 Å². The number of allylic oxidation sites excluding steroid dienone is 1. The minimum Gasteiger partial charge on any atom is -0.506 e. The van der Waals surface area contributed by atoms with Gasteiger partial charge in [-0.05, 0) is 11.5 Å². The number of aliphatic hydroxyl groups excluding tert-OH is 1. The fraction of sp³-hybridized carbons (Fsp3) is 0.185. The molecule has 6 heteroatoms. The summed E-state index contributed by atoms with van der Waals surface area (Å²) in [6, 6.07) is 18.5. The number of aliphatic imine (C=N–C) groups is 1. The smallest absolute Gasteiger partial charge is 0.362 e. The number of carbonyl (C=O) groups is 2. The number of rotatable bonds is 5. The van der Waals surface area contributed by atoms with Crippen molar-refractivity contribution in [3.63, 3.8) is 0 Å². The third-order valence-corrected chi connectivity index (χ3v) is 5.50. The Labute approximate surface area is 190 Å². The zero-order valence-electron chi connectivity index (χ0n) is 18.4. The van der Waals surface area contributed by atoms with Crippen molar-refractivity contribution in [1.29, 1.82) is 0 Å². The van der Waals surface area contributed by atoms with Gasteiger partial charge in [0.2, 0.25) is 0 Å². The molecule has 33 heavy (non-hydrogen) atoms. The summed E-state index contributed by atoms with van der Waals surface area (Å²) in [6.07, 6.45) is 1.95. The minimum absolute atomic E-state index is 0.0861. The van der Waals surface area contributed by atoms with Crippen molar-refractivity contribution < 1.29 is 19.1 Å². The van der Waals surface area contributed by atoms with Crippen LogP contribution in [-0.2, 0) is 6.42 Å². The largest absolute Gasteiger partial charge is 0.506 e. The maximum absolute atomic E-state index is 13.2. The molecule has 3 aromatic rings. The maximum atomic E-state index is 13.2. The van der Waals surface area contributed by atoms with Gasteiger partial charge in [-0.15, -0.1) is 0 Å². The van der Waals surface area contributed by atoms with Gasteiger partial charge < -0.3 is 9.52 Å². The van der Waals surface area contributed by atoms with E-state index in [1.54, 1.807) is 60.7 Å². The highest BCUT2D eigenvalue weighted by molar-refractivity contribution is 6.25. The Morgan fingerprint density at radius 1 is 0.970 bits per heavy atom. The Morgan fingerprint density at radius 2 is 1.58 bits per heavy atom. The Kier molecular flexibility index (Phi) is 5.92. The first kappa shape index (κ1) is 22.1. The van der Waals surface area contributed by atoms with Gasteiger partial charge in [-0.3, -0.25) is 9.59 Å². The number of carbonyl (C=O) groups excluding carboxylic acids is 2. The predicted octanol–water partition coefficient (Wildman–Crippen LogP) is 5.35. The van der Waals surface area contributed by atoms with E-state index >= 15 is 0 Å². The number of hydrogen-bond donors (Lipinski definition) is 1. The van der Waals surface area contributed by atoms with Gasteiger partial charge in [0, 0.05) is 30.2 Å². The lowest BCUT2D eigenvalue weighted by atomic mass is 9.76. The number of ketones is 2. The van der Waals surface area contributed by atoms with E-state index in [1.807, 2.05) is 13.8 Å². The summed E-state index contributed by atoms with van der Waals surface area (Å²) in [4.78, 5) is 42.4. The lowest BCUT2D eigenvalue weighted by Crippen LogP contribution is -2.28. The molecule has 0 radical (unpaired) electrons. The van der Waals surface area contributed by atoms with Crippen LogP contribution in [0.5, 0.6) is 0 Å². The Balaban J connectivity index is 1.78. The van der Waals surface area contributed by atoms with Crippen LogP contribution in [-0.4, -0.2) is 22.9 Å². The van der Waals surface area contributed by atoms with Crippen molar-refractivity contribution in [1.82, 2.24) is 0 Å². The van der Waals surface area contributed by atoms with Crippen molar-refractivity contribution in [2.75, 3.05) is 0 Å². The average molecular weight is 441 g/mol. The number of hydrogen-bond acceptors (Lipinski definition) is 6. The van der Waals surface area contributed by atoms with Gasteiger partial charge in [-0.2, -0.15) is 0 Å². The first-order valence-corrected chi connectivity index (χ1v) is 10.6. The Hall–Kier alpha value is -4.06. The Morgan fingerprint density at radius 3 is 2.21 bits per heavy atom. The number of benzene rings is 2. The molecule has 166 valence electrons. The van der Waals surface area contributed by atoms with Crippen molar-refractivity contribution >= 4 is 29.2 Å². The van der Waals surface area contributed by atoms with E-state index in [2.05, 4.69) is 4.99 Å². The zero-order valence-corrected chi connectivity index (χ0v) is 18.4. The summed E-state index contributed by atoms with van der Waals surface area (Å²) in [6.45, 7) is 3.89. The van der Waals surface area contributed by atoms with E-state index in [0.717, 1.165) is 6.21 Å². The molecule has 0 bridgehead atoms. The molecule has 0 aliphatic heterocycles. The lowest BCUT2D eigenvalue weighted by molar-refractivity contribution is 0.0897. The number of Topliss-reactive ketones (excluding diaryl/α,β-unsaturated/α-hetero) is 2. The van der Waals surface area contributed by atoms with E-state index in [9.17, 15) is 19.5 Å². The van der Waals surface area contributed by atoms with E-state index in [0.29, 0.717) is 35.3 Å². The molecule has 0 saturated heterocycles. The van der Waals surface area contributed by atoms with Crippen LogP contribution in [0.4, 0.5) is 5.69 Å². The van der Waals surface area contributed by atoms with Crippen LogP contribution in [0, 0.1) is 5.41 Å². The molecule has 2 aromatic carbocycles. The topological polar surface area (TPSA) is 96.9 Å². The van der Waals surface area contributed by atoms with E-state index in [-0.39, 0.29) is 28.2 Å². The van der Waals surface area contributed by atoms with Crippen LogP contribution in [0.2, 0.25) is 0 Å². The fourth-order valence-corrected chi connectivity index (χ4v) is 3.84. The second-order valence-corrected chi connectivity index (χ2v) is 8.78. The van der Waals surface area contributed by atoms with Gasteiger partial charge in [-0.25, -0.2) is 9.79 Å². The van der Waals surface area contributed by atoms with E-state index in [1.165, 1.54) is 6.07 Å². The van der Waals surface area contributed by atoms with Gasteiger partial charge in [0.1, 0.15) is 17.2 Å². The van der Waals surface area contributed by atoms with E-state index in [4.69, 9.17) is 4.42 Å². The quantitative estimate of drug-likeness (QED) is 0.249. The summed E-state index contributed by atoms with van der Waals surface area (Å²) in [5, 5.41) is 10.9. The third kappa shape index (κ3) is 4.75. The molecule has 1 N–H and O–H groups in total.